The van der Waals surface area contributed by atoms with E-state index >= 15 is 0 Å². The first-order valence-electron chi connectivity index (χ1n) is 13.0. The Morgan fingerprint density at radius 1 is 1.03 bits per heavy atom. The van der Waals surface area contributed by atoms with E-state index in [9.17, 15) is 23.1 Å². The molecule has 0 spiro atoms. The molecule has 38 heavy (non-hydrogen) atoms. The Morgan fingerprint density at radius 2 is 1.68 bits per heavy atom. The average Bonchev–Trinajstić information content (AvgIpc) is 2.88. The second kappa shape index (κ2) is 12.5. The molecule has 2 aromatic rings. The van der Waals surface area contributed by atoms with Gasteiger partial charge in [-0.15, -0.1) is 0 Å². The molecule has 0 saturated carbocycles. The third-order valence-electron chi connectivity index (χ3n) is 7.38. The first-order valence-corrected chi connectivity index (χ1v) is 14.1. The number of nitrogens with one attached hydrogen (secondary N) is 1. The lowest BCUT2D eigenvalue weighted by atomic mass is 9.92. The van der Waals surface area contributed by atoms with E-state index < -0.39 is 34.6 Å². The normalized spacial score (nSPS) is 18.1. The highest BCUT2D eigenvalue weighted by Crippen LogP contribution is 2.32. The van der Waals surface area contributed by atoms with Gasteiger partial charge in [0.05, 0.1) is 30.0 Å². The number of likely N-dealkylation sites (N-methyl/N-ethyl adjacent to an activating group) is 1. The summed E-state index contributed by atoms with van der Waals surface area (Å²) in [5, 5.41) is 13.6. The predicted molar refractivity (Wildman–Crippen MR) is 150 cm³/mol. The fourth-order valence-corrected chi connectivity index (χ4v) is 5.52. The molecule has 0 bridgehead atoms. The van der Waals surface area contributed by atoms with Gasteiger partial charge >= 0.3 is 0 Å². The number of benzene rings is 2. The van der Waals surface area contributed by atoms with Gasteiger partial charge in [-0.25, -0.2) is 13.2 Å². The molecule has 0 aromatic heterocycles. The number of β-amino-alcohol motifs (C(OH)–C–C–N with tert-alkyl or cyclic N) is 1. The summed E-state index contributed by atoms with van der Waals surface area (Å²) in [6, 6.07) is 6.33. The summed E-state index contributed by atoms with van der Waals surface area (Å²) in [6.45, 7) is 12.7. The molecule has 2 saturated heterocycles. The predicted octanol–water partition coefficient (Wildman–Crippen LogP) is 3.60. The maximum Gasteiger partial charge on any atom is 0.256 e. The van der Waals surface area contributed by atoms with E-state index in [4.69, 9.17) is 0 Å². The van der Waals surface area contributed by atoms with Crippen LogP contribution in [0.3, 0.4) is 0 Å². The molecule has 208 valence electrons. The number of hydrogen-bond acceptors (Lipinski definition) is 6. The average molecular weight is 646 g/mol. The van der Waals surface area contributed by atoms with Crippen LogP contribution in [0.25, 0.3) is 0 Å². The lowest BCUT2D eigenvalue weighted by Crippen LogP contribution is -2.68. The molecule has 0 aliphatic carbocycles. The number of anilines is 2. The van der Waals surface area contributed by atoms with Gasteiger partial charge in [0.2, 0.25) is 0 Å². The highest BCUT2D eigenvalue weighted by Gasteiger charge is 2.45. The molecule has 0 unspecified atom stereocenters. The molecule has 7 nitrogen and oxygen atoms in total. The molecule has 2 aliphatic heterocycles. The third kappa shape index (κ3) is 6.79. The molecular formula is C27H35F3IN5O2. The summed E-state index contributed by atoms with van der Waals surface area (Å²) >= 11 is 1.94. The topological polar surface area (TPSA) is 62.3 Å². The number of aliphatic hydroxyl groups is 1. The number of nitrogens with zero attached hydrogens (tertiary/aromatic N) is 4. The molecule has 0 atom stereocenters. The summed E-state index contributed by atoms with van der Waals surface area (Å²) in [6.07, 6.45) is 0. The summed E-state index contributed by atoms with van der Waals surface area (Å²) in [7, 11) is 0. The summed E-state index contributed by atoms with van der Waals surface area (Å²) in [5.74, 6) is -3.61. The van der Waals surface area contributed by atoms with Gasteiger partial charge in [-0.3, -0.25) is 14.6 Å². The van der Waals surface area contributed by atoms with Gasteiger partial charge < -0.3 is 20.2 Å². The molecule has 4 rings (SSSR count). The van der Waals surface area contributed by atoms with Gasteiger partial charge in [0.1, 0.15) is 11.4 Å². The number of halogens is 4. The number of piperazine rings is 1. The van der Waals surface area contributed by atoms with Crippen molar-refractivity contribution in [2.45, 2.75) is 19.4 Å². The molecule has 0 radical (unpaired) electrons. The van der Waals surface area contributed by atoms with Crippen molar-refractivity contribution in [1.29, 1.82) is 0 Å². The zero-order valence-electron chi connectivity index (χ0n) is 21.8. The van der Waals surface area contributed by atoms with Crippen LogP contribution in [-0.4, -0.2) is 108 Å². The Labute approximate surface area is 235 Å². The van der Waals surface area contributed by atoms with Gasteiger partial charge in [-0.2, -0.15) is 0 Å². The van der Waals surface area contributed by atoms with Crippen LogP contribution in [0.4, 0.5) is 24.5 Å². The Balaban J connectivity index is 1.34. The van der Waals surface area contributed by atoms with Gasteiger partial charge in [0.25, 0.3) is 5.91 Å². The second-order valence-corrected chi connectivity index (χ2v) is 11.3. The Morgan fingerprint density at radius 3 is 2.32 bits per heavy atom. The summed E-state index contributed by atoms with van der Waals surface area (Å²) in [5.41, 5.74) is -1.68. The fourth-order valence-electron chi connectivity index (χ4n) is 5.06. The molecular weight excluding hydrogens is 610 g/mol. The minimum atomic E-state index is -1.26. The van der Waals surface area contributed by atoms with Crippen LogP contribution in [0.2, 0.25) is 0 Å². The van der Waals surface area contributed by atoms with Gasteiger partial charge in [0.15, 0.2) is 11.6 Å². The van der Waals surface area contributed by atoms with Crippen molar-refractivity contribution in [2.24, 2.45) is 0 Å². The molecule has 2 N–H and O–H groups in total. The SMILES string of the molecule is CCN(CC)CCN1CCN(CC2(O)CN(C(=O)c3ccc(F)c(F)c3Nc3ccc(I)cc3F)C2)CC1. The van der Waals surface area contributed by atoms with E-state index in [0.29, 0.717) is 10.1 Å². The lowest BCUT2D eigenvalue weighted by molar-refractivity contribution is -0.102. The Kier molecular flexibility index (Phi) is 9.56. The zero-order valence-corrected chi connectivity index (χ0v) is 24.0. The van der Waals surface area contributed by atoms with Gasteiger partial charge in [0, 0.05) is 49.4 Å². The van der Waals surface area contributed by atoms with Crippen LogP contribution < -0.4 is 5.32 Å². The van der Waals surface area contributed by atoms with Crippen molar-refractivity contribution in [3.8, 4) is 0 Å². The van der Waals surface area contributed by atoms with Crippen LogP contribution in [0.5, 0.6) is 0 Å². The van der Waals surface area contributed by atoms with Crippen LogP contribution in [-0.2, 0) is 0 Å². The summed E-state index contributed by atoms with van der Waals surface area (Å²) in [4.78, 5) is 21.7. The molecule has 2 aliphatic rings. The molecule has 2 aromatic carbocycles. The number of carbonyl (C=O) groups is 1. The van der Waals surface area contributed by atoms with Crippen LogP contribution in [0.1, 0.15) is 24.2 Å². The maximum absolute atomic E-state index is 14.7. The molecule has 11 heteroatoms. The van der Waals surface area contributed by atoms with Crippen molar-refractivity contribution in [3.05, 3.63) is 56.9 Å². The minimum absolute atomic E-state index is 0.0691. The summed E-state index contributed by atoms with van der Waals surface area (Å²) < 4.78 is 43.8. The van der Waals surface area contributed by atoms with E-state index in [-0.39, 0.29) is 24.3 Å². The number of rotatable bonds is 10. The van der Waals surface area contributed by atoms with Crippen LogP contribution in [0.15, 0.2) is 30.3 Å². The highest BCUT2D eigenvalue weighted by molar-refractivity contribution is 14.1. The van der Waals surface area contributed by atoms with Gasteiger partial charge in [-0.1, -0.05) is 13.8 Å². The Hall–Kier alpha value is -1.93. The van der Waals surface area contributed by atoms with Gasteiger partial charge in [-0.05, 0) is 66.0 Å². The first-order chi connectivity index (χ1) is 18.1. The first kappa shape index (κ1) is 29.1. The van der Waals surface area contributed by atoms with Crippen molar-refractivity contribution in [1.82, 2.24) is 19.6 Å². The zero-order chi connectivity index (χ0) is 27.4. The molecule has 2 heterocycles. The molecule has 1 amide bonds. The van der Waals surface area contributed by atoms with E-state index in [2.05, 4.69) is 33.9 Å². The van der Waals surface area contributed by atoms with E-state index in [1.807, 2.05) is 22.6 Å². The van der Waals surface area contributed by atoms with E-state index in [1.54, 1.807) is 6.07 Å². The third-order valence-corrected chi connectivity index (χ3v) is 8.05. The van der Waals surface area contributed by atoms with Crippen molar-refractivity contribution in [2.75, 3.05) is 77.3 Å². The monoisotopic (exact) mass is 645 g/mol. The standard InChI is InChI=1S/C27H35F3IN5O2/c1-3-33(4-2)9-10-34-11-13-35(14-12-34)16-27(38)17-36(18-27)26(37)20-6-7-21(28)24(30)25(20)32-23-8-5-19(31)15-22(23)29/h5-8,15,32,38H,3-4,9-14,16-18H2,1-2H3. The second-order valence-electron chi connectivity index (χ2n) is 10.1. The van der Waals surface area contributed by atoms with Crippen LogP contribution in [0, 0.1) is 21.0 Å². The Bertz CT molecular complexity index is 1140. The maximum atomic E-state index is 14.7. The minimum Gasteiger partial charge on any atom is -0.385 e. The largest absolute Gasteiger partial charge is 0.385 e. The fraction of sp³-hybridized carbons (Fsp3) is 0.519. The van der Waals surface area contributed by atoms with Crippen molar-refractivity contribution >= 4 is 39.9 Å². The van der Waals surface area contributed by atoms with Crippen LogP contribution >= 0.6 is 22.6 Å². The number of amides is 1. The van der Waals surface area contributed by atoms with Crippen molar-refractivity contribution < 1.29 is 23.1 Å². The lowest BCUT2D eigenvalue weighted by Gasteiger charge is -2.49. The highest BCUT2D eigenvalue weighted by atomic mass is 127. The number of hydrogen-bond donors (Lipinski definition) is 2. The van der Waals surface area contributed by atoms with E-state index in [1.165, 1.54) is 23.1 Å². The quantitative estimate of drug-likeness (QED) is 0.386. The number of carbonyl (C=O) groups excluding carboxylic acids is 1. The smallest absolute Gasteiger partial charge is 0.256 e. The number of likely N-dealkylation sites (tertiary alicyclic amines) is 1. The van der Waals surface area contributed by atoms with Crippen molar-refractivity contribution in [3.63, 3.8) is 0 Å². The molecule has 2 fully saturated rings. The van der Waals surface area contributed by atoms with E-state index in [0.717, 1.165) is 58.4 Å².